The first-order valence-electron chi connectivity index (χ1n) is 46.9. The molecular formula is C83H143N19O23S4Si. The van der Waals surface area contributed by atoms with Crippen molar-refractivity contribution >= 4 is 141 Å². The fraction of sp³-hybridized carbons (Fsp3) is 0.819. The molecule has 15 N–H and O–H groups in total. The number of rotatable bonds is 65. The van der Waals surface area contributed by atoms with E-state index in [4.69, 9.17) is 37.7 Å². The van der Waals surface area contributed by atoms with Crippen molar-refractivity contribution in [1.29, 1.82) is 0 Å². The van der Waals surface area contributed by atoms with Gasteiger partial charge in [0.25, 0.3) is 20.2 Å². The Morgan fingerprint density at radius 3 is 1.25 bits per heavy atom. The Bertz CT molecular complexity index is 3790. The Morgan fingerprint density at radius 2 is 0.823 bits per heavy atom. The van der Waals surface area contributed by atoms with Gasteiger partial charge < -0.3 is 107 Å². The summed E-state index contributed by atoms with van der Waals surface area (Å²) < 4.78 is 93.3. The Labute approximate surface area is 773 Å². The summed E-state index contributed by atoms with van der Waals surface area (Å²) in [6, 6.07) is -2.21. The summed E-state index contributed by atoms with van der Waals surface area (Å²) in [4.78, 5) is 178. The number of unbranched alkanes of at least 4 members (excludes halogenated alkanes) is 7. The van der Waals surface area contributed by atoms with Crippen LogP contribution in [-0.2, 0) is 90.9 Å². The van der Waals surface area contributed by atoms with Crippen molar-refractivity contribution in [3.05, 3.63) is 0 Å². The number of piperidine rings is 3. The molecule has 8 atom stereocenters. The molecule has 8 heterocycles. The Hall–Kier alpha value is -7.61. The lowest BCUT2D eigenvalue weighted by Gasteiger charge is -2.36. The van der Waals surface area contributed by atoms with E-state index in [2.05, 4.69) is 69.1 Å². The van der Waals surface area contributed by atoms with Crippen LogP contribution >= 0.6 is 23.5 Å². The molecule has 0 spiro atoms. The number of ether oxygens (including phenoxy) is 2. The van der Waals surface area contributed by atoms with Crippen LogP contribution in [0.4, 0.5) is 27.4 Å². The van der Waals surface area contributed by atoms with Crippen LogP contribution in [0, 0.1) is 5.92 Å². The lowest BCUT2D eigenvalue weighted by Crippen LogP contribution is -2.53. The van der Waals surface area contributed by atoms with Gasteiger partial charge in [-0.15, -0.1) is 0 Å². The van der Waals surface area contributed by atoms with Gasteiger partial charge in [0.1, 0.15) is 17.9 Å². The lowest BCUT2D eigenvalue weighted by atomic mass is 9.96. The predicted octanol–water partition coefficient (Wildman–Crippen LogP) is 2.32. The number of anilines is 3. The molecule has 7 saturated heterocycles. The molecule has 1 aromatic heterocycles. The van der Waals surface area contributed by atoms with Crippen LogP contribution in [0.2, 0.25) is 6.04 Å². The predicted molar refractivity (Wildman–Crippen MR) is 492 cm³/mol. The number of hydrogen-bond donors (Lipinski definition) is 15. The largest absolute Gasteiger partial charge is 0.500 e. The SMILES string of the molecule is CCO[Si](CCCCC(=O)CCCOCCOCCNC(=O)C1CCN(c2nc(N3CCC(NC(=O)C(CCC(=O)NCCS(=O)(=O)O)NC(=O)CCCCCNC(=O)CCCCC4SC[C@H]5NC(=O)N[C@@H]45)CC3)nc(N3CCC(NC(=O)C(CCC(=O)NCCS(=O)(=O)O)NC(=O)CCCCCNC(=O)CCCC[C@@H]4SC[C@@H]5NC(=O)N[C@@H]54)CC3)n2)CC1)(OCC)OCC. The zero-order valence-corrected chi connectivity index (χ0v) is 80.1. The van der Waals surface area contributed by atoms with Gasteiger partial charge in [-0.2, -0.15) is 55.3 Å². The van der Waals surface area contributed by atoms with Gasteiger partial charge in [-0.05, 0) is 143 Å². The molecule has 7 aliphatic heterocycles. The van der Waals surface area contributed by atoms with Crippen LogP contribution in [0.5, 0.6) is 0 Å². The van der Waals surface area contributed by atoms with Gasteiger partial charge in [-0.3, -0.25) is 57.1 Å². The highest BCUT2D eigenvalue weighted by molar-refractivity contribution is 8.00. The fourth-order valence-corrected chi connectivity index (χ4v) is 23.3. The summed E-state index contributed by atoms with van der Waals surface area (Å²) in [5.74, 6) is -2.14. The number of amides is 13. The molecule has 7 aliphatic rings. The Kier molecular flexibility index (Phi) is 47.9. The molecule has 0 aromatic carbocycles. The average Bonchev–Trinajstić information content (AvgIpc) is 1.79. The molecule has 1 aromatic rings. The number of Topliss-reactive ketones (excluding diaryl/α,β-unsaturated/α-hetero) is 1. The minimum atomic E-state index is -4.37. The average molecular weight is 1930 g/mol. The van der Waals surface area contributed by atoms with Gasteiger partial charge in [0.15, 0.2) is 0 Å². The summed E-state index contributed by atoms with van der Waals surface area (Å²) >= 11 is 3.67. The topological polar surface area (TPSA) is 565 Å². The third-order valence-corrected chi connectivity index (χ3v) is 31.5. The van der Waals surface area contributed by atoms with Gasteiger partial charge in [0, 0.05) is 196 Å². The third-order valence-electron chi connectivity index (χ3n) is 23.9. The highest BCUT2D eigenvalue weighted by Crippen LogP contribution is 2.35. The first kappa shape index (κ1) is 108. The van der Waals surface area contributed by atoms with E-state index >= 15 is 0 Å². The minimum absolute atomic E-state index is 0.0555. The van der Waals surface area contributed by atoms with Crippen molar-refractivity contribution in [3.63, 3.8) is 0 Å². The van der Waals surface area contributed by atoms with E-state index in [0.29, 0.717) is 236 Å². The maximum Gasteiger partial charge on any atom is 0.500 e. The molecule has 0 aliphatic carbocycles. The first-order chi connectivity index (χ1) is 62.5. The molecule has 0 bridgehead atoms. The minimum Gasteiger partial charge on any atom is -0.379 e. The number of nitrogens with one attached hydrogen (secondary N) is 13. The van der Waals surface area contributed by atoms with E-state index in [9.17, 15) is 83.5 Å². The smallest absolute Gasteiger partial charge is 0.379 e. The highest BCUT2D eigenvalue weighted by atomic mass is 32.2. The standard InChI is InChI=1S/C83H143N19O23S4Si/c1-4-123-130(124-5-2,125-6-3)55-18-15-20-61(103)21-19-49-121-51-52-122-50-40-88-76(110)58-32-43-100(44-33-58)79-97-80(101-45-34-59(35-46-101)89-77(111)62(28-30-70(106)86-41-53-128(115,116)117)91-72(108)26-9-7-16-38-84-68(104)24-13-11-22-66-74-64(56-126-66)93-82(113)95-74)99-81(98-79)102-47-36-60(37-48-102)90-78(112)63(29-31-71(107)87-42-54-129(118,119)120)92-73(109)27-10-8-17-39-85-69(105)25-14-12-23-67-75-65(57-127-67)94-83(114)96-75/h58-60,62-67,74-75H,4-57H2,1-3H3,(H,84,104)(H,85,105)(H,86,106)(H,87,107)(H,88,110)(H,89,111)(H,90,112)(H,91,108)(H,92,109)(H2,93,95,113)(H2,94,96,114)(H,115,116,117)(H,118,119,120)/t62?,63?,64-,65+,66-,67?,74-,75+/m0/s1. The number of ketones is 1. The van der Waals surface area contributed by atoms with Gasteiger partial charge in [-0.25, -0.2) is 9.59 Å². The van der Waals surface area contributed by atoms with Crippen LogP contribution < -0.4 is 83.8 Å². The van der Waals surface area contributed by atoms with Crippen molar-refractivity contribution in [3.8, 4) is 0 Å². The third kappa shape index (κ3) is 40.7. The van der Waals surface area contributed by atoms with Crippen LogP contribution in [-0.4, -0.2) is 321 Å². The molecule has 130 heavy (non-hydrogen) atoms. The molecular weight excluding hydrogens is 1790 g/mol. The van der Waals surface area contributed by atoms with E-state index in [0.717, 1.165) is 62.9 Å². The number of fused-ring (bicyclic) bond motifs is 2. The summed E-state index contributed by atoms with van der Waals surface area (Å²) in [5, 5.41) is 38.0. The van der Waals surface area contributed by atoms with Crippen molar-refractivity contribution < 1.29 is 106 Å². The molecule has 0 saturated carbocycles. The zero-order valence-electron chi connectivity index (χ0n) is 75.8. The van der Waals surface area contributed by atoms with E-state index in [1.54, 1.807) is 0 Å². The van der Waals surface area contributed by atoms with Crippen molar-refractivity contribution in [2.75, 3.05) is 156 Å². The van der Waals surface area contributed by atoms with Crippen molar-refractivity contribution in [2.45, 2.75) is 285 Å². The Balaban J connectivity index is 0.824. The zero-order chi connectivity index (χ0) is 93.7. The van der Waals surface area contributed by atoms with E-state index in [1.807, 2.05) is 59.0 Å². The molecule has 736 valence electrons. The maximum absolute atomic E-state index is 14.3. The molecule has 8 rings (SSSR count). The van der Waals surface area contributed by atoms with Crippen LogP contribution in [0.3, 0.4) is 0 Å². The molecule has 42 nitrogen and oxygen atoms in total. The molecule has 47 heteroatoms. The van der Waals surface area contributed by atoms with E-state index < -0.39 is 100 Å². The highest BCUT2D eigenvalue weighted by Gasteiger charge is 2.45. The number of aromatic nitrogens is 3. The Morgan fingerprint density at radius 1 is 0.438 bits per heavy atom. The van der Waals surface area contributed by atoms with E-state index in [-0.39, 0.29) is 130 Å². The number of nitrogens with zero attached hydrogens (tertiary/aromatic N) is 6. The second-order valence-corrected chi connectivity index (χ2v) is 42.5. The lowest BCUT2D eigenvalue weighted by molar-refractivity contribution is -0.130. The summed E-state index contributed by atoms with van der Waals surface area (Å²) in [6.07, 6.45) is 13.9. The summed E-state index contributed by atoms with van der Waals surface area (Å²) in [7, 11) is -11.5. The van der Waals surface area contributed by atoms with Gasteiger partial charge in [0.05, 0.1) is 55.5 Å². The van der Waals surface area contributed by atoms with Gasteiger partial charge in [-0.1, -0.05) is 25.7 Å². The second kappa shape index (κ2) is 57.8. The summed E-state index contributed by atoms with van der Waals surface area (Å²) in [5.41, 5.74) is 0. The normalized spacial score (nSPS) is 20.1. The van der Waals surface area contributed by atoms with Crippen molar-refractivity contribution in [1.82, 2.24) is 84.1 Å². The number of carbonyl (C=O) groups excluding carboxylic acids is 12. The molecule has 3 unspecified atom stereocenters. The number of thioether (sulfide) groups is 2. The summed E-state index contributed by atoms with van der Waals surface area (Å²) in [6.45, 7) is 11.3. The molecule has 7 fully saturated rings. The monoisotopic (exact) mass is 1930 g/mol. The second-order valence-electron chi connectivity index (χ2n) is 34.0. The quantitative estimate of drug-likeness (QED) is 0.0193. The van der Waals surface area contributed by atoms with Gasteiger partial charge >= 0.3 is 20.9 Å². The number of carbonyl (C=O) groups is 12. The van der Waals surface area contributed by atoms with Crippen LogP contribution in [0.1, 0.15) is 220 Å². The van der Waals surface area contributed by atoms with Crippen LogP contribution in [0.25, 0.3) is 0 Å². The molecule has 13 amide bonds. The maximum atomic E-state index is 14.3. The van der Waals surface area contributed by atoms with Crippen molar-refractivity contribution in [2.24, 2.45) is 5.92 Å². The van der Waals surface area contributed by atoms with Crippen LogP contribution in [0.15, 0.2) is 0 Å². The van der Waals surface area contributed by atoms with Gasteiger partial charge in [0.2, 0.25) is 71.0 Å². The first-order valence-corrected chi connectivity index (χ1v) is 54.1. The molecule has 0 radical (unpaired) electrons. The fourth-order valence-electron chi connectivity index (χ4n) is 16.8. The van der Waals surface area contributed by atoms with E-state index in [1.165, 1.54) is 0 Å². The number of hydrogen-bond acceptors (Lipinski definition) is 29. The number of urea groups is 2.